The minimum absolute atomic E-state index is 0.0826. The third kappa shape index (κ3) is 2.81. The van der Waals surface area contributed by atoms with Gasteiger partial charge in [-0.2, -0.15) is 0 Å². The van der Waals surface area contributed by atoms with Gasteiger partial charge in [0.05, 0.1) is 5.69 Å². The average Bonchev–Trinajstić information content (AvgIpc) is 3.09. The highest BCUT2D eigenvalue weighted by molar-refractivity contribution is 6.08. The molecule has 0 bridgehead atoms. The normalized spacial score (nSPS) is 17.0. The topological polar surface area (TPSA) is 83.8 Å². The van der Waals surface area contributed by atoms with Crippen LogP contribution in [-0.4, -0.2) is 21.4 Å². The Morgan fingerprint density at radius 3 is 2.68 bits per heavy atom. The highest BCUT2D eigenvalue weighted by Crippen LogP contribution is 2.41. The van der Waals surface area contributed by atoms with Crippen molar-refractivity contribution < 1.29 is 4.79 Å². The van der Waals surface area contributed by atoms with E-state index >= 15 is 0 Å². The molecule has 5 heteroatoms. The standard InChI is InChI=1S/C20H22N4O/c1-13(20(21)9-2-10-20)14-3-5-15(6-4-14)19(25)24-17-8-12-23-18-16(17)7-11-22-18/h3-8,11-13H,2,9-10,21H2,1H3,(H2,22,23,24,25). The van der Waals surface area contributed by atoms with Crippen LogP contribution in [0.5, 0.6) is 0 Å². The number of rotatable bonds is 4. The van der Waals surface area contributed by atoms with E-state index in [1.165, 1.54) is 12.0 Å². The van der Waals surface area contributed by atoms with Crippen LogP contribution in [0.25, 0.3) is 11.0 Å². The molecule has 1 saturated carbocycles. The smallest absolute Gasteiger partial charge is 0.255 e. The van der Waals surface area contributed by atoms with Gasteiger partial charge < -0.3 is 16.0 Å². The molecule has 128 valence electrons. The summed E-state index contributed by atoms with van der Waals surface area (Å²) in [5, 5.41) is 3.86. The minimum Gasteiger partial charge on any atom is -0.346 e. The van der Waals surface area contributed by atoms with Crippen molar-refractivity contribution in [1.29, 1.82) is 0 Å². The van der Waals surface area contributed by atoms with Crippen LogP contribution in [0.3, 0.4) is 0 Å². The van der Waals surface area contributed by atoms with Gasteiger partial charge in [0.1, 0.15) is 5.65 Å². The number of hydrogen-bond donors (Lipinski definition) is 3. The minimum atomic E-state index is -0.126. The van der Waals surface area contributed by atoms with Crippen LogP contribution in [0.2, 0.25) is 0 Å². The van der Waals surface area contributed by atoms with Gasteiger partial charge in [0.25, 0.3) is 5.91 Å². The molecular formula is C20H22N4O. The fourth-order valence-corrected chi connectivity index (χ4v) is 3.54. The first-order chi connectivity index (χ1) is 12.1. The summed E-state index contributed by atoms with van der Waals surface area (Å²) in [7, 11) is 0. The van der Waals surface area contributed by atoms with Gasteiger partial charge in [-0.3, -0.25) is 4.79 Å². The molecule has 0 aliphatic heterocycles. The van der Waals surface area contributed by atoms with E-state index in [4.69, 9.17) is 5.73 Å². The number of aromatic amines is 1. The van der Waals surface area contributed by atoms with E-state index in [9.17, 15) is 4.79 Å². The van der Waals surface area contributed by atoms with Crippen molar-refractivity contribution in [2.75, 3.05) is 5.32 Å². The Labute approximate surface area is 146 Å². The maximum absolute atomic E-state index is 12.6. The number of nitrogens with zero attached hydrogens (tertiary/aromatic N) is 1. The van der Waals surface area contributed by atoms with Crippen LogP contribution in [0.1, 0.15) is 48.0 Å². The Morgan fingerprint density at radius 2 is 2.00 bits per heavy atom. The summed E-state index contributed by atoms with van der Waals surface area (Å²) in [5.41, 5.74) is 9.69. The van der Waals surface area contributed by atoms with Gasteiger partial charge >= 0.3 is 0 Å². The number of nitrogens with two attached hydrogens (primary N) is 1. The molecule has 1 amide bonds. The molecule has 2 aromatic heterocycles. The zero-order chi connectivity index (χ0) is 17.4. The number of pyridine rings is 1. The number of fused-ring (bicyclic) bond motifs is 1. The van der Waals surface area contributed by atoms with Crippen molar-refractivity contribution in [3.63, 3.8) is 0 Å². The monoisotopic (exact) mass is 334 g/mol. The molecule has 1 unspecified atom stereocenters. The lowest BCUT2D eigenvalue weighted by Crippen LogP contribution is -2.50. The first-order valence-corrected chi connectivity index (χ1v) is 8.69. The van der Waals surface area contributed by atoms with Crippen LogP contribution in [0.4, 0.5) is 5.69 Å². The van der Waals surface area contributed by atoms with E-state index in [-0.39, 0.29) is 11.4 Å². The summed E-state index contributed by atoms with van der Waals surface area (Å²) < 4.78 is 0. The maximum Gasteiger partial charge on any atom is 0.255 e. The second-order valence-electron chi connectivity index (χ2n) is 6.98. The average molecular weight is 334 g/mol. The predicted octanol–water partition coefficient (Wildman–Crippen LogP) is 3.80. The first-order valence-electron chi connectivity index (χ1n) is 8.69. The lowest BCUT2D eigenvalue weighted by atomic mass is 9.67. The number of nitrogens with one attached hydrogen (secondary N) is 2. The van der Waals surface area contributed by atoms with Crippen LogP contribution in [-0.2, 0) is 0 Å². The van der Waals surface area contributed by atoms with Gasteiger partial charge in [-0.15, -0.1) is 0 Å². The van der Waals surface area contributed by atoms with Gasteiger partial charge in [-0.05, 0) is 55.0 Å². The molecule has 4 rings (SSSR count). The van der Waals surface area contributed by atoms with Gasteiger partial charge in [-0.1, -0.05) is 19.1 Å². The molecule has 0 radical (unpaired) electrons. The molecule has 1 atom stereocenters. The summed E-state index contributed by atoms with van der Waals surface area (Å²) in [5.74, 6) is 0.178. The molecule has 1 aliphatic rings. The van der Waals surface area contributed by atoms with Crippen molar-refractivity contribution in [3.05, 3.63) is 59.9 Å². The second-order valence-corrected chi connectivity index (χ2v) is 6.98. The Morgan fingerprint density at radius 1 is 1.24 bits per heavy atom. The summed E-state index contributed by atoms with van der Waals surface area (Å²) in [4.78, 5) is 19.8. The quantitative estimate of drug-likeness (QED) is 0.678. The fourth-order valence-electron chi connectivity index (χ4n) is 3.54. The number of hydrogen-bond acceptors (Lipinski definition) is 3. The molecule has 2 heterocycles. The maximum atomic E-state index is 12.6. The fraction of sp³-hybridized carbons (Fsp3) is 0.300. The number of anilines is 1. The Bertz CT molecular complexity index is 909. The summed E-state index contributed by atoms with van der Waals surface area (Å²) in [6.45, 7) is 2.17. The van der Waals surface area contributed by atoms with Crippen molar-refractivity contribution in [1.82, 2.24) is 9.97 Å². The third-order valence-electron chi connectivity index (χ3n) is 5.53. The van der Waals surface area contributed by atoms with Crippen molar-refractivity contribution >= 4 is 22.6 Å². The molecule has 1 aromatic carbocycles. The predicted molar refractivity (Wildman–Crippen MR) is 99.7 cm³/mol. The number of benzene rings is 1. The van der Waals surface area contributed by atoms with E-state index in [1.54, 1.807) is 12.3 Å². The largest absolute Gasteiger partial charge is 0.346 e. The molecule has 1 fully saturated rings. The Kier molecular flexibility index (Phi) is 3.81. The van der Waals surface area contributed by atoms with Crippen LogP contribution in [0.15, 0.2) is 48.8 Å². The van der Waals surface area contributed by atoms with Gasteiger partial charge in [-0.25, -0.2) is 4.98 Å². The van der Waals surface area contributed by atoms with Crippen LogP contribution < -0.4 is 11.1 Å². The molecule has 0 spiro atoms. The summed E-state index contributed by atoms with van der Waals surface area (Å²) in [6.07, 6.45) is 6.85. The zero-order valence-corrected chi connectivity index (χ0v) is 14.3. The molecule has 0 saturated heterocycles. The number of amides is 1. The lowest BCUT2D eigenvalue weighted by molar-refractivity contribution is 0.102. The Balaban J connectivity index is 1.52. The van der Waals surface area contributed by atoms with Gasteiger partial charge in [0, 0.05) is 28.9 Å². The lowest BCUT2D eigenvalue weighted by Gasteiger charge is -2.43. The van der Waals surface area contributed by atoms with Crippen molar-refractivity contribution in [2.45, 2.75) is 37.6 Å². The SMILES string of the molecule is CC(c1ccc(C(=O)Nc2ccnc3[nH]ccc23)cc1)C1(N)CCC1. The number of carbonyl (C=O) groups is 1. The van der Waals surface area contributed by atoms with Gasteiger partial charge in [0.15, 0.2) is 0 Å². The molecule has 25 heavy (non-hydrogen) atoms. The number of aromatic nitrogens is 2. The number of carbonyl (C=O) groups excluding carboxylic acids is 1. The van der Waals surface area contributed by atoms with Gasteiger partial charge in [0.2, 0.25) is 0 Å². The molecule has 3 aromatic rings. The molecule has 5 nitrogen and oxygen atoms in total. The molecular weight excluding hydrogens is 312 g/mol. The van der Waals surface area contributed by atoms with E-state index in [0.717, 1.165) is 29.6 Å². The number of H-pyrrole nitrogens is 1. The van der Waals surface area contributed by atoms with E-state index < -0.39 is 0 Å². The summed E-state index contributed by atoms with van der Waals surface area (Å²) in [6, 6.07) is 11.5. The van der Waals surface area contributed by atoms with E-state index in [2.05, 4.69) is 22.2 Å². The highest BCUT2D eigenvalue weighted by Gasteiger charge is 2.38. The highest BCUT2D eigenvalue weighted by atomic mass is 16.1. The first kappa shape index (κ1) is 15.8. The van der Waals surface area contributed by atoms with Crippen LogP contribution in [0, 0.1) is 0 Å². The second kappa shape index (κ2) is 6.01. The van der Waals surface area contributed by atoms with Crippen LogP contribution >= 0.6 is 0 Å². The summed E-state index contributed by atoms with van der Waals surface area (Å²) >= 11 is 0. The van der Waals surface area contributed by atoms with E-state index in [1.807, 2.05) is 36.5 Å². The van der Waals surface area contributed by atoms with Crippen molar-refractivity contribution in [2.24, 2.45) is 5.73 Å². The third-order valence-corrected chi connectivity index (χ3v) is 5.53. The zero-order valence-electron chi connectivity index (χ0n) is 14.3. The molecule has 4 N–H and O–H groups in total. The van der Waals surface area contributed by atoms with E-state index in [0.29, 0.717) is 11.5 Å². The Hall–Kier alpha value is -2.66. The molecule has 1 aliphatic carbocycles. The van der Waals surface area contributed by atoms with Crippen molar-refractivity contribution in [3.8, 4) is 0 Å².